The Balaban J connectivity index is 1.57. The van der Waals surface area contributed by atoms with Gasteiger partial charge in [0, 0.05) is 18.1 Å². The molecule has 1 N–H and O–H groups in total. The average Bonchev–Trinajstić information content (AvgIpc) is 3.22. The third kappa shape index (κ3) is 4.56. The molecule has 11 heteroatoms. The molecule has 0 spiro atoms. The second-order valence-electron chi connectivity index (χ2n) is 6.44. The first-order valence-corrected chi connectivity index (χ1v) is 9.09. The van der Waals surface area contributed by atoms with E-state index in [0.717, 1.165) is 12.1 Å². The highest BCUT2D eigenvalue weighted by molar-refractivity contribution is 6.03. The number of halogens is 4. The Bertz CT molecular complexity index is 1240. The number of hydrogen-bond acceptors (Lipinski definition) is 5. The molecule has 0 unspecified atom stereocenters. The van der Waals surface area contributed by atoms with Crippen molar-refractivity contribution in [3.63, 3.8) is 0 Å². The van der Waals surface area contributed by atoms with Crippen molar-refractivity contribution in [2.45, 2.75) is 6.18 Å². The molecule has 162 valence electrons. The van der Waals surface area contributed by atoms with Crippen LogP contribution in [0.5, 0.6) is 11.5 Å². The number of rotatable bonds is 5. The van der Waals surface area contributed by atoms with E-state index in [0.29, 0.717) is 16.2 Å². The monoisotopic (exact) mass is 443 g/mol. The van der Waals surface area contributed by atoms with Crippen LogP contribution in [-0.4, -0.2) is 25.9 Å². The predicted molar refractivity (Wildman–Crippen MR) is 105 cm³/mol. The number of amides is 1. The van der Waals surface area contributed by atoms with Crippen LogP contribution >= 0.6 is 0 Å². The molecule has 4 aromatic rings. The van der Waals surface area contributed by atoms with Crippen LogP contribution < -0.4 is 10.1 Å². The Morgan fingerprint density at radius 1 is 0.969 bits per heavy atom. The number of hydrogen-bond donors (Lipinski definition) is 1. The van der Waals surface area contributed by atoms with E-state index in [1.54, 1.807) is 24.5 Å². The minimum Gasteiger partial charge on any atom is -0.457 e. The number of nitrogens with zero attached hydrogens (tertiary/aromatic N) is 4. The molecule has 0 aliphatic rings. The van der Waals surface area contributed by atoms with Crippen molar-refractivity contribution in [2.75, 3.05) is 5.32 Å². The van der Waals surface area contributed by atoms with Gasteiger partial charge in [-0.3, -0.25) is 9.78 Å². The molecule has 0 radical (unpaired) electrons. The van der Waals surface area contributed by atoms with Crippen molar-refractivity contribution >= 4 is 11.6 Å². The van der Waals surface area contributed by atoms with Gasteiger partial charge in [-0.1, -0.05) is 11.3 Å². The van der Waals surface area contributed by atoms with Gasteiger partial charge in [-0.05, 0) is 54.6 Å². The lowest BCUT2D eigenvalue weighted by Crippen LogP contribution is -2.21. The highest BCUT2D eigenvalue weighted by Crippen LogP contribution is 2.33. The fourth-order valence-electron chi connectivity index (χ4n) is 2.82. The lowest BCUT2D eigenvalue weighted by atomic mass is 10.2. The Hall–Kier alpha value is -4.28. The largest absolute Gasteiger partial charge is 0.457 e. The van der Waals surface area contributed by atoms with Gasteiger partial charge in [0.15, 0.2) is 11.4 Å². The Morgan fingerprint density at radius 3 is 2.31 bits per heavy atom. The topological polar surface area (TPSA) is 81.9 Å². The van der Waals surface area contributed by atoms with Gasteiger partial charge in [0.25, 0.3) is 5.91 Å². The Kier molecular flexibility index (Phi) is 5.54. The maximum absolute atomic E-state index is 13.7. The standard InChI is InChI=1S/C21H13F4N5O2/c22-13-2-1-3-15(12-13)30-19(21(23,24)25)18(28-29-30)20(31)27-14-4-6-16(7-5-14)32-17-8-10-26-11-9-17/h1-12H,(H,27,31). The summed E-state index contributed by atoms with van der Waals surface area (Å²) in [5.41, 5.74) is -2.37. The van der Waals surface area contributed by atoms with Gasteiger partial charge in [-0.15, -0.1) is 5.10 Å². The minimum atomic E-state index is -4.97. The fourth-order valence-corrected chi connectivity index (χ4v) is 2.82. The number of alkyl halides is 3. The Morgan fingerprint density at radius 2 is 1.66 bits per heavy atom. The molecule has 4 rings (SSSR count). The number of anilines is 1. The van der Waals surface area contributed by atoms with Gasteiger partial charge in [0.05, 0.1) is 5.69 Å². The predicted octanol–water partition coefficient (Wildman–Crippen LogP) is 4.86. The smallest absolute Gasteiger partial charge is 0.435 e. The zero-order chi connectivity index (χ0) is 22.7. The van der Waals surface area contributed by atoms with E-state index in [1.165, 1.54) is 36.4 Å². The van der Waals surface area contributed by atoms with Crippen molar-refractivity contribution in [1.82, 2.24) is 20.0 Å². The molecule has 0 atom stereocenters. The van der Waals surface area contributed by atoms with Gasteiger partial charge in [0.2, 0.25) is 0 Å². The third-order valence-electron chi connectivity index (χ3n) is 4.20. The summed E-state index contributed by atoms with van der Waals surface area (Å²) in [4.78, 5) is 16.4. The van der Waals surface area contributed by atoms with Crippen LogP contribution in [0.15, 0.2) is 73.1 Å². The number of ether oxygens (including phenoxy) is 1. The van der Waals surface area contributed by atoms with E-state index in [2.05, 4.69) is 20.6 Å². The summed E-state index contributed by atoms with van der Waals surface area (Å²) in [5.74, 6) is -0.892. The van der Waals surface area contributed by atoms with Crippen LogP contribution in [0.1, 0.15) is 16.2 Å². The number of carbonyl (C=O) groups is 1. The van der Waals surface area contributed by atoms with Crippen molar-refractivity contribution in [3.05, 3.63) is 90.3 Å². The molecule has 2 aromatic heterocycles. The highest BCUT2D eigenvalue weighted by atomic mass is 19.4. The van der Waals surface area contributed by atoms with E-state index in [1.807, 2.05) is 0 Å². The molecule has 0 aliphatic heterocycles. The first-order valence-electron chi connectivity index (χ1n) is 9.09. The van der Waals surface area contributed by atoms with Crippen LogP contribution in [0, 0.1) is 5.82 Å². The first-order chi connectivity index (χ1) is 15.3. The normalized spacial score (nSPS) is 11.2. The molecule has 0 aliphatic carbocycles. The van der Waals surface area contributed by atoms with Crippen molar-refractivity contribution < 1.29 is 27.1 Å². The average molecular weight is 443 g/mol. The first kappa shape index (κ1) is 21.0. The Labute approximate surface area is 178 Å². The second kappa shape index (κ2) is 8.46. The number of pyridine rings is 1. The van der Waals surface area contributed by atoms with E-state index >= 15 is 0 Å². The van der Waals surface area contributed by atoms with Gasteiger partial charge < -0.3 is 10.1 Å². The third-order valence-corrected chi connectivity index (χ3v) is 4.20. The number of aromatic nitrogens is 4. The molecule has 0 saturated carbocycles. The quantitative estimate of drug-likeness (QED) is 0.446. The lowest BCUT2D eigenvalue weighted by Gasteiger charge is -2.11. The summed E-state index contributed by atoms with van der Waals surface area (Å²) >= 11 is 0. The van der Waals surface area contributed by atoms with Crippen LogP contribution in [0.25, 0.3) is 5.69 Å². The molecule has 32 heavy (non-hydrogen) atoms. The molecule has 0 bridgehead atoms. The van der Waals surface area contributed by atoms with Crippen molar-refractivity contribution in [1.29, 1.82) is 0 Å². The van der Waals surface area contributed by atoms with Crippen LogP contribution in [0.3, 0.4) is 0 Å². The summed E-state index contributed by atoms with van der Waals surface area (Å²) < 4.78 is 60.5. The zero-order valence-corrected chi connectivity index (χ0v) is 16.0. The van der Waals surface area contributed by atoms with E-state index < -0.39 is 29.3 Å². The zero-order valence-electron chi connectivity index (χ0n) is 16.0. The SMILES string of the molecule is O=C(Nc1ccc(Oc2ccncc2)cc1)c1nnn(-c2cccc(F)c2)c1C(F)(F)F. The van der Waals surface area contributed by atoms with Gasteiger partial charge in [-0.2, -0.15) is 13.2 Å². The number of carbonyl (C=O) groups excluding carboxylic acids is 1. The molecule has 0 fully saturated rings. The number of nitrogens with one attached hydrogen (secondary N) is 1. The highest BCUT2D eigenvalue weighted by Gasteiger charge is 2.42. The molecule has 7 nitrogen and oxygen atoms in total. The maximum Gasteiger partial charge on any atom is 0.435 e. The lowest BCUT2D eigenvalue weighted by molar-refractivity contribution is -0.143. The summed E-state index contributed by atoms with van der Waals surface area (Å²) in [6, 6.07) is 13.6. The molecule has 0 saturated heterocycles. The van der Waals surface area contributed by atoms with Crippen LogP contribution in [-0.2, 0) is 6.18 Å². The summed E-state index contributed by atoms with van der Waals surface area (Å²) in [5, 5.41) is 9.14. The van der Waals surface area contributed by atoms with Gasteiger partial charge in [0.1, 0.15) is 17.3 Å². The second-order valence-corrected chi connectivity index (χ2v) is 6.44. The molecular weight excluding hydrogens is 430 g/mol. The van der Waals surface area contributed by atoms with E-state index in [9.17, 15) is 22.4 Å². The summed E-state index contributed by atoms with van der Waals surface area (Å²) in [6.07, 6.45) is -1.86. The molecular formula is C21H13F4N5O2. The fraction of sp³-hybridized carbons (Fsp3) is 0.0476. The van der Waals surface area contributed by atoms with E-state index in [-0.39, 0.29) is 11.4 Å². The number of benzene rings is 2. The van der Waals surface area contributed by atoms with Crippen LogP contribution in [0.2, 0.25) is 0 Å². The minimum absolute atomic E-state index is 0.213. The van der Waals surface area contributed by atoms with Gasteiger partial charge in [-0.25, -0.2) is 9.07 Å². The summed E-state index contributed by atoms with van der Waals surface area (Å²) in [6.45, 7) is 0. The van der Waals surface area contributed by atoms with Crippen molar-refractivity contribution in [3.8, 4) is 17.2 Å². The summed E-state index contributed by atoms with van der Waals surface area (Å²) in [7, 11) is 0. The molecule has 2 aromatic carbocycles. The van der Waals surface area contributed by atoms with Gasteiger partial charge >= 0.3 is 6.18 Å². The molecule has 2 heterocycles. The molecule has 1 amide bonds. The van der Waals surface area contributed by atoms with Crippen LogP contribution in [0.4, 0.5) is 23.2 Å². The maximum atomic E-state index is 13.7. The van der Waals surface area contributed by atoms with Crippen molar-refractivity contribution in [2.24, 2.45) is 0 Å². The van der Waals surface area contributed by atoms with E-state index in [4.69, 9.17) is 4.74 Å².